The van der Waals surface area contributed by atoms with Crippen LogP contribution in [0.1, 0.15) is 93.7 Å². The first kappa shape index (κ1) is 32.1. The van der Waals surface area contributed by atoms with E-state index in [-0.39, 0.29) is 29.7 Å². The highest BCUT2D eigenvalue weighted by molar-refractivity contribution is 6.00. The Morgan fingerprint density at radius 3 is 2.44 bits per heavy atom. The van der Waals surface area contributed by atoms with Gasteiger partial charge in [0.1, 0.15) is 29.7 Å². The molecule has 10 heteroatoms. The maximum atomic E-state index is 13.6. The molecule has 234 valence electrons. The van der Waals surface area contributed by atoms with Crippen molar-refractivity contribution in [3.63, 3.8) is 0 Å². The SMILES string of the molecule is CCCN1C(=O)[C@H](CCCCNC(=O)OCc2ccccc2)NC(=O)C12CCN(C(=O)c1cc(C(C)(C)C)oc1C)CC2. The fourth-order valence-corrected chi connectivity index (χ4v) is 5.87. The second-order valence-electron chi connectivity index (χ2n) is 12.7. The quantitative estimate of drug-likeness (QED) is 0.385. The second-order valence-corrected chi connectivity index (χ2v) is 12.7. The number of carbonyl (C=O) groups excluding carboxylic acids is 4. The number of nitrogens with one attached hydrogen (secondary N) is 2. The van der Waals surface area contributed by atoms with Crippen LogP contribution in [0.25, 0.3) is 0 Å². The molecule has 4 rings (SSSR count). The first-order valence-electron chi connectivity index (χ1n) is 15.4. The lowest BCUT2D eigenvalue weighted by molar-refractivity contribution is -0.161. The number of hydrogen-bond acceptors (Lipinski definition) is 6. The minimum atomic E-state index is -0.952. The van der Waals surface area contributed by atoms with Crippen molar-refractivity contribution >= 4 is 23.8 Å². The van der Waals surface area contributed by atoms with E-state index in [1.807, 2.05) is 64.1 Å². The Labute approximate surface area is 254 Å². The molecule has 1 atom stereocenters. The molecule has 0 radical (unpaired) electrons. The lowest BCUT2D eigenvalue weighted by atomic mass is 9.81. The summed E-state index contributed by atoms with van der Waals surface area (Å²) in [6.07, 6.45) is 2.83. The molecule has 43 heavy (non-hydrogen) atoms. The van der Waals surface area contributed by atoms with Crippen molar-refractivity contribution in [2.24, 2.45) is 0 Å². The van der Waals surface area contributed by atoms with Crippen molar-refractivity contribution < 1.29 is 28.3 Å². The number of piperidine rings is 1. The number of piperazine rings is 1. The van der Waals surface area contributed by atoms with E-state index in [0.29, 0.717) is 69.6 Å². The van der Waals surface area contributed by atoms with Crippen LogP contribution in [0.5, 0.6) is 0 Å². The summed E-state index contributed by atoms with van der Waals surface area (Å²) in [7, 11) is 0. The molecule has 4 amide bonds. The van der Waals surface area contributed by atoms with Gasteiger partial charge < -0.3 is 29.6 Å². The predicted molar refractivity (Wildman–Crippen MR) is 162 cm³/mol. The molecule has 2 aliphatic rings. The van der Waals surface area contributed by atoms with Crippen molar-refractivity contribution in [2.75, 3.05) is 26.2 Å². The van der Waals surface area contributed by atoms with Crippen molar-refractivity contribution in [3.05, 3.63) is 59.0 Å². The molecule has 0 saturated carbocycles. The number of hydrogen-bond donors (Lipinski definition) is 2. The minimum Gasteiger partial charge on any atom is -0.465 e. The number of benzene rings is 1. The molecular formula is C33H46N4O6. The van der Waals surface area contributed by atoms with Gasteiger partial charge in [-0.25, -0.2) is 4.79 Å². The van der Waals surface area contributed by atoms with Gasteiger partial charge in [-0.1, -0.05) is 58.0 Å². The van der Waals surface area contributed by atoms with E-state index >= 15 is 0 Å². The number of rotatable bonds is 10. The van der Waals surface area contributed by atoms with E-state index in [0.717, 1.165) is 17.7 Å². The van der Waals surface area contributed by atoms with Gasteiger partial charge in [0.25, 0.3) is 5.91 Å². The minimum absolute atomic E-state index is 0.0723. The Morgan fingerprint density at radius 1 is 1.12 bits per heavy atom. The molecule has 2 N–H and O–H groups in total. The average Bonchev–Trinajstić information content (AvgIpc) is 3.39. The molecule has 2 saturated heterocycles. The van der Waals surface area contributed by atoms with Crippen LogP contribution >= 0.6 is 0 Å². The van der Waals surface area contributed by atoms with E-state index in [2.05, 4.69) is 10.6 Å². The summed E-state index contributed by atoms with van der Waals surface area (Å²) in [5.74, 6) is 1.03. The van der Waals surface area contributed by atoms with Gasteiger partial charge in [-0.3, -0.25) is 14.4 Å². The zero-order valence-corrected chi connectivity index (χ0v) is 26.2. The van der Waals surface area contributed by atoms with Gasteiger partial charge in [0, 0.05) is 31.6 Å². The van der Waals surface area contributed by atoms with Crippen LogP contribution in [-0.4, -0.2) is 71.4 Å². The fraction of sp³-hybridized carbons (Fsp3) is 0.576. The monoisotopic (exact) mass is 594 g/mol. The Kier molecular flexibility index (Phi) is 10.2. The van der Waals surface area contributed by atoms with Gasteiger partial charge in [-0.2, -0.15) is 0 Å². The Morgan fingerprint density at radius 2 is 1.81 bits per heavy atom. The van der Waals surface area contributed by atoms with Crippen LogP contribution in [0.15, 0.2) is 40.8 Å². The van der Waals surface area contributed by atoms with Crippen LogP contribution in [-0.2, 0) is 26.3 Å². The third-order valence-electron chi connectivity index (χ3n) is 8.42. The van der Waals surface area contributed by atoms with E-state index in [9.17, 15) is 19.2 Å². The van der Waals surface area contributed by atoms with E-state index < -0.39 is 17.7 Å². The molecule has 2 aromatic rings. The third kappa shape index (κ3) is 7.40. The zero-order chi connectivity index (χ0) is 31.2. The van der Waals surface area contributed by atoms with Crippen molar-refractivity contribution in [1.82, 2.24) is 20.4 Å². The van der Waals surface area contributed by atoms with Crippen LogP contribution < -0.4 is 10.6 Å². The molecule has 0 bridgehead atoms. The molecule has 3 heterocycles. The summed E-state index contributed by atoms with van der Waals surface area (Å²) in [6, 6.07) is 10.7. The average molecular weight is 595 g/mol. The molecule has 10 nitrogen and oxygen atoms in total. The van der Waals surface area contributed by atoms with E-state index in [1.54, 1.807) is 16.7 Å². The van der Waals surface area contributed by atoms with Gasteiger partial charge in [-0.15, -0.1) is 0 Å². The third-order valence-corrected chi connectivity index (χ3v) is 8.42. The molecule has 0 unspecified atom stereocenters. The molecule has 0 aliphatic carbocycles. The van der Waals surface area contributed by atoms with Crippen molar-refractivity contribution in [3.8, 4) is 0 Å². The molecular weight excluding hydrogens is 548 g/mol. The number of aryl methyl sites for hydroxylation is 1. The standard InChI is InChI=1S/C33H46N4O6/c1-6-18-37-29(39)26(14-10-11-17-34-31(41)42-22-24-12-8-7-9-13-24)35-30(40)33(37)15-19-36(20-16-33)28(38)25-21-27(32(3,4)5)43-23(25)2/h7-9,12-13,21,26H,6,10-11,14-20,22H2,1-5H3,(H,34,41)(H,35,40)/t26-/m0/s1. The number of nitrogens with zero attached hydrogens (tertiary/aromatic N) is 2. The fourth-order valence-electron chi connectivity index (χ4n) is 5.87. The summed E-state index contributed by atoms with van der Waals surface area (Å²) in [6.45, 7) is 11.8. The van der Waals surface area contributed by atoms with Crippen LogP contribution in [0.2, 0.25) is 0 Å². The lowest BCUT2D eigenvalue weighted by Crippen LogP contribution is -2.73. The molecule has 1 spiro atoms. The summed E-state index contributed by atoms with van der Waals surface area (Å²) < 4.78 is 11.1. The Bertz CT molecular complexity index is 1290. The summed E-state index contributed by atoms with van der Waals surface area (Å²) in [5.41, 5.74) is 0.303. The van der Waals surface area contributed by atoms with Gasteiger partial charge in [-0.05, 0) is 57.1 Å². The molecule has 1 aromatic heterocycles. The van der Waals surface area contributed by atoms with E-state index in [1.165, 1.54) is 0 Å². The van der Waals surface area contributed by atoms with E-state index in [4.69, 9.17) is 9.15 Å². The number of furan rings is 1. The first-order valence-corrected chi connectivity index (χ1v) is 15.4. The summed E-state index contributed by atoms with van der Waals surface area (Å²) >= 11 is 0. The molecule has 2 aliphatic heterocycles. The number of likely N-dealkylation sites (tertiary alicyclic amines) is 1. The number of carbonyl (C=O) groups is 4. The van der Waals surface area contributed by atoms with Crippen LogP contribution in [0, 0.1) is 6.92 Å². The van der Waals surface area contributed by atoms with Crippen LogP contribution in [0.3, 0.4) is 0 Å². The second kappa shape index (κ2) is 13.7. The number of unbranched alkanes of at least 4 members (excludes halogenated alkanes) is 1. The van der Waals surface area contributed by atoms with Crippen LogP contribution in [0.4, 0.5) is 4.79 Å². The number of alkyl carbamates (subject to hydrolysis) is 1. The number of ether oxygens (including phenoxy) is 1. The number of amides is 4. The zero-order valence-electron chi connectivity index (χ0n) is 26.2. The highest BCUT2D eigenvalue weighted by Crippen LogP contribution is 2.35. The molecule has 2 fully saturated rings. The van der Waals surface area contributed by atoms with Gasteiger partial charge in [0.15, 0.2) is 0 Å². The predicted octanol–water partition coefficient (Wildman–Crippen LogP) is 4.69. The Hall–Kier alpha value is -3.82. The Balaban J connectivity index is 1.28. The van der Waals surface area contributed by atoms with Gasteiger partial charge in [0.05, 0.1) is 5.56 Å². The smallest absolute Gasteiger partial charge is 0.407 e. The summed E-state index contributed by atoms with van der Waals surface area (Å²) in [4.78, 5) is 56.1. The van der Waals surface area contributed by atoms with Crippen molar-refractivity contribution in [2.45, 2.75) is 96.7 Å². The molecule has 1 aromatic carbocycles. The normalized spacial score (nSPS) is 18.5. The highest BCUT2D eigenvalue weighted by Gasteiger charge is 2.53. The summed E-state index contributed by atoms with van der Waals surface area (Å²) in [5, 5.41) is 5.74. The van der Waals surface area contributed by atoms with Gasteiger partial charge >= 0.3 is 6.09 Å². The lowest BCUT2D eigenvalue weighted by Gasteiger charge is -2.51. The first-order chi connectivity index (χ1) is 20.5. The highest BCUT2D eigenvalue weighted by atomic mass is 16.5. The largest absolute Gasteiger partial charge is 0.465 e. The maximum absolute atomic E-state index is 13.6. The topological polar surface area (TPSA) is 121 Å². The maximum Gasteiger partial charge on any atom is 0.407 e. The van der Waals surface area contributed by atoms with Gasteiger partial charge in [0.2, 0.25) is 11.8 Å². The van der Waals surface area contributed by atoms with Crippen molar-refractivity contribution in [1.29, 1.82) is 0 Å².